The number of hydrogen-bond acceptors (Lipinski definition) is 8. The van der Waals surface area contributed by atoms with Gasteiger partial charge in [0.2, 0.25) is 5.88 Å². The molecule has 1 atom stereocenters. The molecule has 1 spiro atoms. The lowest BCUT2D eigenvalue weighted by atomic mass is 9.84. The predicted octanol–water partition coefficient (Wildman–Crippen LogP) is 1.09. The van der Waals surface area contributed by atoms with E-state index in [2.05, 4.69) is 24.8 Å². The third-order valence-electron chi connectivity index (χ3n) is 4.38. The third-order valence-corrected chi connectivity index (χ3v) is 4.38. The molecular weight excluding hydrogens is 310 g/mol. The van der Waals surface area contributed by atoms with Crippen molar-refractivity contribution in [2.75, 3.05) is 31.7 Å². The van der Waals surface area contributed by atoms with E-state index in [1.54, 1.807) is 25.6 Å². The van der Waals surface area contributed by atoms with Crippen LogP contribution >= 0.6 is 0 Å². The van der Waals surface area contributed by atoms with Gasteiger partial charge in [-0.25, -0.2) is 19.9 Å². The molecule has 2 fully saturated rings. The first kappa shape index (κ1) is 15.1. The van der Waals surface area contributed by atoms with Crippen LogP contribution in [0.15, 0.2) is 30.9 Å². The fourth-order valence-electron chi connectivity index (χ4n) is 3.22. The molecule has 126 valence electrons. The molecule has 2 saturated heterocycles. The first-order valence-corrected chi connectivity index (χ1v) is 7.95. The molecule has 0 aromatic carbocycles. The minimum absolute atomic E-state index is 0.0724. The quantitative estimate of drug-likeness (QED) is 0.824. The number of ether oxygens (including phenoxy) is 3. The topological polar surface area (TPSA) is 82.5 Å². The summed E-state index contributed by atoms with van der Waals surface area (Å²) in [7, 11) is 1.60. The van der Waals surface area contributed by atoms with Crippen molar-refractivity contribution < 1.29 is 14.2 Å². The van der Waals surface area contributed by atoms with Crippen LogP contribution in [0.3, 0.4) is 0 Å². The van der Waals surface area contributed by atoms with Gasteiger partial charge in [-0.3, -0.25) is 0 Å². The van der Waals surface area contributed by atoms with Gasteiger partial charge < -0.3 is 19.1 Å². The number of rotatable bonds is 4. The molecule has 8 heteroatoms. The van der Waals surface area contributed by atoms with E-state index in [4.69, 9.17) is 14.2 Å². The van der Waals surface area contributed by atoms with E-state index >= 15 is 0 Å². The summed E-state index contributed by atoms with van der Waals surface area (Å²) in [6, 6.07) is 4.04. The normalized spacial score (nSPS) is 22.0. The second-order valence-electron chi connectivity index (χ2n) is 6.07. The van der Waals surface area contributed by atoms with Crippen molar-refractivity contribution in [1.82, 2.24) is 19.9 Å². The van der Waals surface area contributed by atoms with Crippen LogP contribution in [0, 0.1) is 0 Å². The second kappa shape index (κ2) is 6.20. The van der Waals surface area contributed by atoms with Gasteiger partial charge in [0, 0.05) is 31.3 Å². The zero-order valence-electron chi connectivity index (χ0n) is 13.5. The van der Waals surface area contributed by atoms with Gasteiger partial charge in [-0.15, -0.1) is 0 Å². The van der Waals surface area contributed by atoms with Gasteiger partial charge in [-0.05, 0) is 6.07 Å². The standard InChI is InChI=1S/C16H19N5O3/c1-22-14-7-13(19-11-20-14)21-9-16(10-21)8-12(3-6-23-16)24-15-17-4-2-5-18-15/h2,4-5,7,11-12H,3,6,8-10H2,1H3/t12-/m1/s1. The van der Waals surface area contributed by atoms with E-state index in [1.807, 2.05) is 6.07 Å². The molecule has 2 aliphatic heterocycles. The predicted molar refractivity (Wildman–Crippen MR) is 85.2 cm³/mol. The second-order valence-corrected chi connectivity index (χ2v) is 6.07. The number of nitrogens with zero attached hydrogens (tertiary/aromatic N) is 5. The Morgan fingerprint density at radius 1 is 1.21 bits per heavy atom. The van der Waals surface area contributed by atoms with Crippen molar-refractivity contribution in [2.45, 2.75) is 24.5 Å². The molecule has 0 saturated carbocycles. The fraction of sp³-hybridized carbons (Fsp3) is 0.500. The Bertz CT molecular complexity index is 693. The van der Waals surface area contributed by atoms with Crippen molar-refractivity contribution in [3.05, 3.63) is 30.9 Å². The van der Waals surface area contributed by atoms with Crippen molar-refractivity contribution in [2.24, 2.45) is 0 Å². The molecule has 0 radical (unpaired) electrons. The van der Waals surface area contributed by atoms with Gasteiger partial charge in [0.05, 0.1) is 26.8 Å². The monoisotopic (exact) mass is 329 g/mol. The summed E-state index contributed by atoms with van der Waals surface area (Å²) in [5.74, 6) is 1.42. The Morgan fingerprint density at radius 2 is 2.04 bits per heavy atom. The summed E-state index contributed by atoms with van der Waals surface area (Å²) in [5, 5.41) is 0. The Balaban J connectivity index is 1.38. The largest absolute Gasteiger partial charge is 0.481 e. The van der Waals surface area contributed by atoms with Gasteiger partial charge >= 0.3 is 6.01 Å². The lowest BCUT2D eigenvalue weighted by molar-refractivity contribution is -0.127. The SMILES string of the molecule is COc1cc(N2CC3(C[C@H](Oc4ncccn4)CCO3)C2)ncn1. The molecule has 2 aliphatic rings. The van der Waals surface area contributed by atoms with Crippen LogP contribution in [-0.4, -0.2) is 58.4 Å². The maximum Gasteiger partial charge on any atom is 0.316 e. The van der Waals surface area contributed by atoms with Crippen molar-refractivity contribution in [3.8, 4) is 11.9 Å². The van der Waals surface area contributed by atoms with E-state index < -0.39 is 0 Å². The molecule has 0 N–H and O–H groups in total. The van der Waals surface area contributed by atoms with Gasteiger partial charge in [0.1, 0.15) is 23.9 Å². The lowest BCUT2D eigenvalue weighted by Crippen LogP contribution is -2.66. The van der Waals surface area contributed by atoms with Crippen molar-refractivity contribution >= 4 is 5.82 Å². The molecule has 0 aliphatic carbocycles. The molecular formula is C16H19N5O3. The van der Waals surface area contributed by atoms with Crippen LogP contribution in [-0.2, 0) is 4.74 Å². The van der Waals surface area contributed by atoms with Crippen LogP contribution in [0.2, 0.25) is 0 Å². The lowest BCUT2D eigenvalue weighted by Gasteiger charge is -2.53. The summed E-state index contributed by atoms with van der Waals surface area (Å²) in [5.41, 5.74) is -0.185. The first-order valence-electron chi connectivity index (χ1n) is 7.95. The van der Waals surface area contributed by atoms with Crippen LogP contribution < -0.4 is 14.4 Å². The average molecular weight is 329 g/mol. The van der Waals surface area contributed by atoms with Gasteiger partial charge in [0.15, 0.2) is 0 Å². The molecule has 0 unspecified atom stereocenters. The maximum absolute atomic E-state index is 6.04. The van der Waals surface area contributed by atoms with Crippen LogP contribution in [0.25, 0.3) is 0 Å². The highest BCUT2D eigenvalue weighted by Gasteiger charge is 2.49. The van der Waals surface area contributed by atoms with Crippen LogP contribution in [0.1, 0.15) is 12.8 Å². The summed E-state index contributed by atoms with van der Waals surface area (Å²) in [4.78, 5) is 18.8. The van der Waals surface area contributed by atoms with E-state index in [0.29, 0.717) is 18.5 Å². The molecule has 24 heavy (non-hydrogen) atoms. The highest BCUT2D eigenvalue weighted by Crippen LogP contribution is 2.37. The maximum atomic E-state index is 6.04. The van der Waals surface area contributed by atoms with Crippen molar-refractivity contribution in [3.63, 3.8) is 0 Å². The Hall–Kier alpha value is -2.48. The number of hydrogen-bond donors (Lipinski definition) is 0. The Morgan fingerprint density at radius 3 is 2.83 bits per heavy atom. The van der Waals surface area contributed by atoms with E-state index in [1.165, 1.54) is 6.33 Å². The van der Waals surface area contributed by atoms with Gasteiger partial charge in [-0.1, -0.05) is 0 Å². The zero-order valence-corrected chi connectivity index (χ0v) is 13.5. The third kappa shape index (κ3) is 2.96. The van der Waals surface area contributed by atoms with E-state index in [-0.39, 0.29) is 11.7 Å². The smallest absolute Gasteiger partial charge is 0.316 e. The van der Waals surface area contributed by atoms with Crippen molar-refractivity contribution in [1.29, 1.82) is 0 Å². The fourth-order valence-corrected chi connectivity index (χ4v) is 3.22. The number of aromatic nitrogens is 4. The summed E-state index contributed by atoms with van der Waals surface area (Å²) >= 11 is 0. The minimum Gasteiger partial charge on any atom is -0.481 e. The van der Waals surface area contributed by atoms with Crippen LogP contribution in [0.5, 0.6) is 11.9 Å². The van der Waals surface area contributed by atoms with Gasteiger partial charge in [-0.2, -0.15) is 0 Å². The molecule has 4 rings (SSSR count). The highest BCUT2D eigenvalue weighted by molar-refractivity contribution is 5.45. The number of anilines is 1. The highest BCUT2D eigenvalue weighted by atomic mass is 16.5. The first-order chi connectivity index (χ1) is 11.8. The zero-order chi connectivity index (χ0) is 16.4. The average Bonchev–Trinajstić information content (AvgIpc) is 2.61. The van der Waals surface area contributed by atoms with Gasteiger partial charge in [0.25, 0.3) is 0 Å². The molecule has 8 nitrogen and oxygen atoms in total. The molecule has 2 aromatic heterocycles. The van der Waals surface area contributed by atoms with Crippen LogP contribution in [0.4, 0.5) is 5.82 Å². The molecule has 4 heterocycles. The minimum atomic E-state index is -0.185. The summed E-state index contributed by atoms with van der Waals surface area (Å²) < 4.78 is 17.1. The Kier molecular flexibility index (Phi) is 3.89. The Labute approximate surface area is 139 Å². The molecule has 2 aromatic rings. The summed E-state index contributed by atoms with van der Waals surface area (Å²) in [6.45, 7) is 2.24. The molecule has 0 bridgehead atoms. The van der Waals surface area contributed by atoms with E-state index in [0.717, 1.165) is 31.7 Å². The van der Waals surface area contributed by atoms with E-state index in [9.17, 15) is 0 Å². The summed E-state index contributed by atoms with van der Waals surface area (Å²) in [6.07, 6.45) is 6.63. The number of methoxy groups -OCH3 is 1. The molecule has 0 amide bonds.